The van der Waals surface area contributed by atoms with E-state index < -0.39 is 0 Å². The van der Waals surface area contributed by atoms with Crippen molar-refractivity contribution >= 4 is 40.2 Å². The molecule has 4 rings (SSSR count). The molecule has 1 aliphatic carbocycles. The average molecular weight is 421 g/mol. The summed E-state index contributed by atoms with van der Waals surface area (Å²) in [6.07, 6.45) is 4.34. The van der Waals surface area contributed by atoms with Gasteiger partial charge >= 0.3 is 0 Å². The van der Waals surface area contributed by atoms with Crippen molar-refractivity contribution in [2.24, 2.45) is 0 Å². The van der Waals surface area contributed by atoms with Gasteiger partial charge < -0.3 is 10.6 Å². The molecule has 0 radical (unpaired) electrons. The molecular weight excluding hydrogens is 396 g/mol. The molecule has 1 aromatic heterocycles. The number of hydrogen-bond acceptors (Lipinski definition) is 5. The van der Waals surface area contributed by atoms with E-state index in [0.29, 0.717) is 17.1 Å². The molecule has 1 aliphatic rings. The molecule has 1 heterocycles. The first kappa shape index (κ1) is 20.3. The Balaban J connectivity index is 1.43. The normalized spacial score (nSPS) is 14.0. The number of anilines is 1. The number of nitrogens with zero attached hydrogens (tertiary/aromatic N) is 2. The third kappa shape index (κ3) is 4.79. The van der Waals surface area contributed by atoms with Crippen molar-refractivity contribution in [1.29, 1.82) is 0 Å². The molecule has 30 heavy (non-hydrogen) atoms. The van der Waals surface area contributed by atoms with E-state index in [1.165, 1.54) is 11.8 Å². The summed E-state index contributed by atoms with van der Waals surface area (Å²) < 4.78 is 0. The Morgan fingerprint density at radius 1 is 1.03 bits per heavy atom. The maximum atomic E-state index is 12.7. The summed E-state index contributed by atoms with van der Waals surface area (Å²) in [7, 11) is 0. The van der Waals surface area contributed by atoms with E-state index in [1.807, 2.05) is 43.3 Å². The number of nitrogens with one attached hydrogen (secondary N) is 2. The summed E-state index contributed by atoms with van der Waals surface area (Å²) in [6, 6.07) is 15.1. The quantitative estimate of drug-likeness (QED) is 0.458. The molecule has 0 spiro atoms. The zero-order chi connectivity index (χ0) is 20.9. The molecule has 2 aromatic carbocycles. The van der Waals surface area contributed by atoms with Crippen LogP contribution in [0.5, 0.6) is 0 Å². The van der Waals surface area contributed by atoms with E-state index in [4.69, 9.17) is 0 Å². The molecule has 0 aliphatic heterocycles. The molecule has 1 saturated carbocycles. The summed E-state index contributed by atoms with van der Waals surface area (Å²) in [5.74, 6) is 0.550. The third-order valence-corrected chi connectivity index (χ3v) is 6.15. The van der Waals surface area contributed by atoms with Gasteiger partial charge in [0.1, 0.15) is 10.9 Å². The fourth-order valence-electron chi connectivity index (χ4n) is 3.71. The smallest absolute Gasteiger partial charge is 0.253 e. The molecule has 3 aromatic rings. The fourth-order valence-corrected chi connectivity index (χ4v) is 4.58. The van der Waals surface area contributed by atoms with Gasteiger partial charge in [-0.2, -0.15) is 0 Å². The first-order valence-corrected chi connectivity index (χ1v) is 11.1. The molecule has 0 unspecified atom stereocenters. The molecular formula is C23H24N4O2S. The van der Waals surface area contributed by atoms with Gasteiger partial charge in [0.15, 0.2) is 0 Å². The lowest BCUT2D eigenvalue weighted by atomic mass is 10.1. The van der Waals surface area contributed by atoms with Crippen molar-refractivity contribution in [3.63, 3.8) is 0 Å². The second-order valence-corrected chi connectivity index (χ2v) is 8.39. The molecule has 0 saturated heterocycles. The number of carbonyl (C=O) groups excluding carboxylic acids is 2. The number of aryl methyl sites for hydroxylation is 1. The topological polar surface area (TPSA) is 84.0 Å². The summed E-state index contributed by atoms with van der Waals surface area (Å²) in [4.78, 5) is 34.2. The number of thioether (sulfide) groups is 1. The number of para-hydroxylation sites is 2. The Bertz CT molecular complexity index is 1080. The minimum absolute atomic E-state index is 0.136. The molecule has 1 fully saturated rings. The molecule has 0 atom stereocenters. The van der Waals surface area contributed by atoms with Crippen LogP contribution in [0.25, 0.3) is 10.9 Å². The van der Waals surface area contributed by atoms with Crippen LogP contribution in [-0.2, 0) is 4.79 Å². The van der Waals surface area contributed by atoms with Gasteiger partial charge in [-0.15, -0.1) is 0 Å². The minimum Gasteiger partial charge on any atom is -0.349 e. The highest BCUT2D eigenvalue weighted by molar-refractivity contribution is 8.00. The van der Waals surface area contributed by atoms with Crippen molar-refractivity contribution in [3.8, 4) is 0 Å². The highest BCUT2D eigenvalue weighted by Crippen LogP contribution is 2.26. The van der Waals surface area contributed by atoms with Gasteiger partial charge in [0.2, 0.25) is 5.91 Å². The number of hydrogen-bond donors (Lipinski definition) is 2. The van der Waals surface area contributed by atoms with Gasteiger partial charge in [0, 0.05) is 11.4 Å². The molecule has 2 amide bonds. The lowest BCUT2D eigenvalue weighted by molar-refractivity contribution is -0.113. The number of rotatable bonds is 6. The van der Waals surface area contributed by atoms with Crippen molar-refractivity contribution in [2.45, 2.75) is 43.7 Å². The summed E-state index contributed by atoms with van der Waals surface area (Å²) in [6.45, 7) is 1.84. The average Bonchev–Trinajstić information content (AvgIpc) is 3.25. The van der Waals surface area contributed by atoms with Crippen LogP contribution in [0.4, 0.5) is 5.69 Å². The van der Waals surface area contributed by atoms with Crippen LogP contribution in [0.2, 0.25) is 0 Å². The summed E-state index contributed by atoms with van der Waals surface area (Å²) in [5, 5.41) is 7.67. The standard InChI is InChI=1S/C23H24N4O2S/c1-15-24-20-13-7-5-11-18(20)23(25-15)30-14-21(28)27-19-12-6-4-10-17(19)22(29)26-16-8-2-3-9-16/h4-7,10-13,16H,2-3,8-9,14H2,1H3,(H,26,29)(H,27,28). The Hall–Kier alpha value is -2.93. The maximum Gasteiger partial charge on any atom is 0.253 e. The number of aromatic nitrogens is 2. The van der Waals surface area contributed by atoms with Crippen molar-refractivity contribution < 1.29 is 9.59 Å². The van der Waals surface area contributed by atoms with E-state index in [0.717, 1.165) is 41.6 Å². The Labute approximate surface area is 179 Å². The zero-order valence-electron chi connectivity index (χ0n) is 16.9. The third-order valence-electron chi connectivity index (χ3n) is 5.16. The van der Waals surface area contributed by atoms with Crippen LogP contribution >= 0.6 is 11.8 Å². The predicted molar refractivity (Wildman–Crippen MR) is 120 cm³/mol. The van der Waals surface area contributed by atoms with E-state index in [1.54, 1.807) is 12.1 Å². The lowest BCUT2D eigenvalue weighted by Gasteiger charge is -2.15. The maximum absolute atomic E-state index is 12.7. The zero-order valence-corrected chi connectivity index (χ0v) is 17.7. The number of carbonyl (C=O) groups is 2. The Morgan fingerprint density at radius 2 is 1.77 bits per heavy atom. The number of fused-ring (bicyclic) bond motifs is 1. The van der Waals surface area contributed by atoms with E-state index >= 15 is 0 Å². The van der Waals surface area contributed by atoms with Gasteiger partial charge in [-0.05, 0) is 38.0 Å². The highest BCUT2D eigenvalue weighted by atomic mass is 32.2. The molecule has 6 nitrogen and oxygen atoms in total. The predicted octanol–water partition coefficient (Wildman–Crippen LogP) is 4.34. The molecule has 7 heteroatoms. The van der Waals surface area contributed by atoms with Crippen molar-refractivity contribution in [3.05, 3.63) is 59.9 Å². The largest absolute Gasteiger partial charge is 0.349 e. The monoisotopic (exact) mass is 420 g/mol. The lowest BCUT2D eigenvalue weighted by Crippen LogP contribution is -2.33. The van der Waals surface area contributed by atoms with E-state index in [9.17, 15) is 9.59 Å². The molecule has 0 bridgehead atoms. The van der Waals surface area contributed by atoms with Crippen molar-refractivity contribution in [1.82, 2.24) is 15.3 Å². The SMILES string of the molecule is Cc1nc(SCC(=O)Nc2ccccc2C(=O)NC2CCCC2)c2ccccc2n1. The second kappa shape index (κ2) is 9.26. The number of amides is 2. The van der Waals surface area contributed by atoms with Gasteiger partial charge in [-0.1, -0.05) is 54.9 Å². The first-order valence-electron chi connectivity index (χ1n) is 10.2. The van der Waals surface area contributed by atoms with Gasteiger partial charge in [0.05, 0.1) is 22.5 Å². The van der Waals surface area contributed by atoms with E-state index in [2.05, 4.69) is 20.6 Å². The van der Waals surface area contributed by atoms with Gasteiger partial charge in [-0.3, -0.25) is 9.59 Å². The molecule has 2 N–H and O–H groups in total. The van der Waals surface area contributed by atoms with Gasteiger partial charge in [0.25, 0.3) is 5.91 Å². The van der Waals surface area contributed by atoms with Crippen LogP contribution < -0.4 is 10.6 Å². The summed E-state index contributed by atoms with van der Waals surface area (Å²) in [5.41, 5.74) is 1.88. The highest BCUT2D eigenvalue weighted by Gasteiger charge is 2.20. The van der Waals surface area contributed by atoms with Crippen LogP contribution in [-0.4, -0.2) is 33.6 Å². The molecule has 154 valence electrons. The van der Waals surface area contributed by atoms with Crippen LogP contribution in [0.3, 0.4) is 0 Å². The Morgan fingerprint density at radius 3 is 2.60 bits per heavy atom. The van der Waals surface area contributed by atoms with E-state index in [-0.39, 0.29) is 23.6 Å². The van der Waals surface area contributed by atoms with Crippen molar-refractivity contribution in [2.75, 3.05) is 11.1 Å². The van der Waals surface area contributed by atoms with Crippen LogP contribution in [0, 0.1) is 6.92 Å². The second-order valence-electron chi connectivity index (χ2n) is 7.43. The van der Waals surface area contributed by atoms with Crippen LogP contribution in [0.15, 0.2) is 53.6 Å². The van der Waals surface area contributed by atoms with Gasteiger partial charge in [-0.25, -0.2) is 9.97 Å². The minimum atomic E-state index is -0.179. The first-order chi connectivity index (χ1) is 14.6. The fraction of sp³-hybridized carbons (Fsp3) is 0.304. The Kier molecular flexibility index (Phi) is 6.28. The summed E-state index contributed by atoms with van der Waals surface area (Å²) >= 11 is 1.37. The number of benzene rings is 2. The van der Waals surface area contributed by atoms with Crippen LogP contribution in [0.1, 0.15) is 41.9 Å².